The van der Waals surface area contributed by atoms with E-state index in [4.69, 9.17) is 11.5 Å². The first kappa shape index (κ1) is 41.8. The smallest absolute Gasteiger partial charge is 0.249 e. The second-order valence-corrected chi connectivity index (χ2v) is 14.2. The van der Waals surface area contributed by atoms with Crippen LogP contribution in [-0.4, -0.2) is 48.6 Å². The van der Waals surface area contributed by atoms with Crippen molar-refractivity contribution >= 4 is 23.4 Å². The van der Waals surface area contributed by atoms with Crippen LogP contribution < -0.4 is 22.1 Å². The van der Waals surface area contributed by atoms with Crippen LogP contribution in [0.25, 0.3) is 0 Å². The number of nitrogens with one attached hydrogen (secondary N) is 2. The Morgan fingerprint density at radius 1 is 0.389 bits per heavy atom. The summed E-state index contributed by atoms with van der Waals surface area (Å²) in [6.45, 7) is 1.48. The van der Waals surface area contributed by atoms with Crippen LogP contribution in [0.4, 0.5) is 0 Å². The highest BCUT2D eigenvalue weighted by atomic mass is 16.2. The predicted octanol–water partition coefficient (Wildman–Crippen LogP) is 8.03. The molecule has 4 aromatic carbocycles. The van der Waals surface area contributed by atoms with Crippen molar-refractivity contribution in [2.45, 2.75) is 102 Å². The molecule has 0 radical (unpaired) electrons. The SMILES string of the molecule is NC(=O)c1ccccc1C(=O)C(Cc1ccccc1)NCCCCCCCCCCCCCCNC(Cc1ccccc1)C(=O)c1ccccc1C(N)=O. The number of unbranched alkanes of at least 4 members (excludes halogenated alkanes) is 11. The number of amides is 2. The fraction of sp³-hybridized carbons (Fsp3) is 0.391. The normalized spacial score (nSPS) is 12.2. The van der Waals surface area contributed by atoms with E-state index in [2.05, 4.69) is 10.6 Å². The molecule has 4 rings (SSSR count). The summed E-state index contributed by atoms with van der Waals surface area (Å²) in [6, 6.07) is 32.6. The van der Waals surface area contributed by atoms with Crippen LogP contribution >= 0.6 is 0 Å². The van der Waals surface area contributed by atoms with Crippen molar-refractivity contribution in [1.82, 2.24) is 10.6 Å². The van der Waals surface area contributed by atoms with Crippen molar-refractivity contribution in [3.05, 3.63) is 143 Å². The van der Waals surface area contributed by atoms with Crippen molar-refractivity contribution < 1.29 is 19.2 Å². The molecule has 6 N–H and O–H groups in total. The summed E-state index contributed by atoms with van der Waals surface area (Å²) in [5.41, 5.74) is 14.5. The van der Waals surface area contributed by atoms with Crippen molar-refractivity contribution in [3.8, 4) is 0 Å². The van der Waals surface area contributed by atoms with Gasteiger partial charge in [-0.25, -0.2) is 0 Å². The average Bonchev–Trinajstić information content (AvgIpc) is 3.19. The molecule has 4 aromatic rings. The summed E-state index contributed by atoms with van der Waals surface area (Å²) >= 11 is 0. The summed E-state index contributed by atoms with van der Waals surface area (Å²) in [7, 11) is 0. The summed E-state index contributed by atoms with van der Waals surface area (Å²) in [5.74, 6) is -1.39. The van der Waals surface area contributed by atoms with Gasteiger partial charge in [-0.3, -0.25) is 19.2 Å². The molecule has 8 heteroatoms. The Labute approximate surface area is 321 Å². The van der Waals surface area contributed by atoms with Gasteiger partial charge in [0, 0.05) is 22.3 Å². The summed E-state index contributed by atoms with van der Waals surface area (Å²) in [6.07, 6.45) is 15.1. The molecule has 0 bridgehead atoms. The Balaban J connectivity index is 1.06. The molecule has 0 aliphatic rings. The van der Waals surface area contributed by atoms with E-state index >= 15 is 0 Å². The lowest BCUT2D eigenvalue weighted by Crippen LogP contribution is -2.40. The molecule has 2 amide bonds. The molecular weight excluding hydrogens is 673 g/mol. The third-order valence-corrected chi connectivity index (χ3v) is 10.00. The molecule has 0 fully saturated rings. The maximum atomic E-state index is 13.5. The van der Waals surface area contributed by atoms with Gasteiger partial charge in [0.05, 0.1) is 12.1 Å². The third kappa shape index (κ3) is 14.1. The zero-order valence-corrected chi connectivity index (χ0v) is 31.6. The van der Waals surface area contributed by atoms with Crippen LogP contribution in [-0.2, 0) is 12.8 Å². The van der Waals surface area contributed by atoms with Gasteiger partial charge in [-0.05, 0) is 62.0 Å². The minimum atomic E-state index is -0.590. The van der Waals surface area contributed by atoms with Crippen molar-refractivity contribution in [2.75, 3.05) is 13.1 Å². The molecule has 0 saturated carbocycles. The molecule has 0 saturated heterocycles. The van der Waals surface area contributed by atoms with Crippen LogP contribution in [0.1, 0.15) is 130 Å². The van der Waals surface area contributed by atoms with Crippen LogP contribution in [0.5, 0.6) is 0 Å². The average molecular weight is 731 g/mol. The van der Waals surface area contributed by atoms with E-state index in [0.29, 0.717) is 24.0 Å². The van der Waals surface area contributed by atoms with Gasteiger partial charge in [0.15, 0.2) is 11.6 Å². The fourth-order valence-electron chi connectivity index (χ4n) is 6.99. The lowest BCUT2D eigenvalue weighted by atomic mass is 9.94. The topological polar surface area (TPSA) is 144 Å². The second kappa shape index (κ2) is 23.7. The van der Waals surface area contributed by atoms with Crippen LogP contribution in [0.2, 0.25) is 0 Å². The largest absolute Gasteiger partial charge is 0.366 e. The number of ketones is 2. The van der Waals surface area contributed by atoms with Gasteiger partial charge in [0.25, 0.3) is 0 Å². The van der Waals surface area contributed by atoms with E-state index in [1.54, 1.807) is 48.5 Å². The maximum Gasteiger partial charge on any atom is 0.249 e. The molecule has 286 valence electrons. The molecule has 2 atom stereocenters. The van der Waals surface area contributed by atoms with E-state index in [0.717, 1.165) is 49.9 Å². The fourth-order valence-corrected chi connectivity index (χ4v) is 6.99. The lowest BCUT2D eigenvalue weighted by Gasteiger charge is -2.19. The minimum absolute atomic E-state index is 0.103. The molecular formula is C46H58N4O4. The van der Waals surface area contributed by atoms with E-state index in [1.165, 1.54) is 51.4 Å². The van der Waals surface area contributed by atoms with E-state index < -0.39 is 23.9 Å². The molecule has 0 aliphatic carbocycles. The first-order chi connectivity index (χ1) is 26.3. The Bertz CT molecular complexity index is 1620. The number of nitrogens with two attached hydrogens (primary N) is 2. The number of primary amides is 2. The number of benzene rings is 4. The van der Waals surface area contributed by atoms with Crippen LogP contribution in [0.3, 0.4) is 0 Å². The van der Waals surface area contributed by atoms with E-state index in [1.807, 2.05) is 60.7 Å². The highest BCUT2D eigenvalue weighted by molar-refractivity contribution is 6.10. The highest BCUT2D eigenvalue weighted by Crippen LogP contribution is 2.17. The van der Waals surface area contributed by atoms with Crippen molar-refractivity contribution in [2.24, 2.45) is 11.5 Å². The minimum Gasteiger partial charge on any atom is -0.366 e. The van der Waals surface area contributed by atoms with Gasteiger partial charge in [0.2, 0.25) is 11.8 Å². The number of hydrogen-bond donors (Lipinski definition) is 4. The van der Waals surface area contributed by atoms with Gasteiger partial charge in [-0.1, -0.05) is 161 Å². The standard InChI is InChI=1S/C46H58N4O4/c47-45(53)39-29-19-17-27-37(39)43(51)41(33-35-23-13-11-14-24-35)49-31-21-9-7-5-3-1-2-4-6-8-10-22-32-50-42(34-36-25-15-12-16-26-36)44(52)38-28-18-20-30-40(38)46(48)54/h11-20,23-30,41-42,49-50H,1-10,21-22,31-34H2,(H2,47,53)(H2,48,54). The Kier molecular flexibility index (Phi) is 18.3. The Morgan fingerprint density at radius 3 is 0.981 bits per heavy atom. The van der Waals surface area contributed by atoms with Crippen molar-refractivity contribution in [1.29, 1.82) is 0 Å². The number of rotatable bonds is 27. The quantitative estimate of drug-likeness (QED) is 0.0361. The molecule has 0 heterocycles. The summed E-state index contributed by atoms with van der Waals surface area (Å²) in [4.78, 5) is 51.0. The molecule has 0 aromatic heterocycles. The van der Waals surface area contributed by atoms with Gasteiger partial charge in [0.1, 0.15) is 0 Å². The zero-order valence-electron chi connectivity index (χ0n) is 31.6. The molecule has 54 heavy (non-hydrogen) atoms. The number of hydrogen-bond acceptors (Lipinski definition) is 6. The van der Waals surface area contributed by atoms with Crippen LogP contribution in [0, 0.1) is 0 Å². The zero-order chi connectivity index (χ0) is 38.4. The Morgan fingerprint density at radius 2 is 0.667 bits per heavy atom. The lowest BCUT2D eigenvalue weighted by molar-refractivity contribution is 0.0925. The summed E-state index contributed by atoms with van der Waals surface area (Å²) in [5, 5.41) is 6.94. The van der Waals surface area contributed by atoms with Crippen LogP contribution in [0.15, 0.2) is 109 Å². The molecule has 8 nitrogen and oxygen atoms in total. The first-order valence-corrected chi connectivity index (χ1v) is 19.8. The van der Waals surface area contributed by atoms with Crippen molar-refractivity contribution in [3.63, 3.8) is 0 Å². The second-order valence-electron chi connectivity index (χ2n) is 14.2. The molecule has 0 aliphatic heterocycles. The highest BCUT2D eigenvalue weighted by Gasteiger charge is 2.25. The van der Waals surface area contributed by atoms with Gasteiger partial charge in [-0.2, -0.15) is 0 Å². The van der Waals surface area contributed by atoms with Gasteiger partial charge in [-0.15, -0.1) is 0 Å². The molecule has 0 spiro atoms. The monoisotopic (exact) mass is 730 g/mol. The van der Waals surface area contributed by atoms with Gasteiger partial charge >= 0.3 is 0 Å². The van der Waals surface area contributed by atoms with E-state index in [9.17, 15) is 19.2 Å². The number of carbonyl (C=O) groups excluding carboxylic acids is 4. The predicted molar refractivity (Wildman–Crippen MR) is 218 cm³/mol. The third-order valence-electron chi connectivity index (χ3n) is 10.00. The Hall–Kier alpha value is -4.92. The summed E-state index contributed by atoms with van der Waals surface area (Å²) < 4.78 is 0. The maximum absolute atomic E-state index is 13.5. The number of carbonyl (C=O) groups is 4. The van der Waals surface area contributed by atoms with E-state index in [-0.39, 0.29) is 22.7 Å². The number of Topliss-reactive ketones (excluding diaryl/α,β-unsaturated/α-hetero) is 2. The van der Waals surface area contributed by atoms with Gasteiger partial charge < -0.3 is 22.1 Å². The molecule has 2 unspecified atom stereocenters. The first-order valence-electron chi connectivity index (χ1n) is 19.8.